The minimum atomic E-state index is -0.225. The normalized spacial score (nSPS) is 15.0. The number of rotatable bonds is 15. The van der Waals surface area contributed by atoms with Crippen LogP contribution in [0.5, 0.6) is 23.0 Å². The number of para-hydroxylation sites is 2. The van der Waals surface area contributed by atoms with Gasteiger partial charge >= 0.3 is 0 Å². The van der Waals surface area contributed by atoms with Crippen molar-refractivity contribution in [3.8, 4) is 23.0 Å². The second-order valence-electron chi connectivity index (χ2n) is 16.2. The van der Waals surface area contributed by atoms with Gasteiger partial charge in [0, 0.05) is 65.9 Å². The van der Waals surface area contributed by atoms with E-state index >= 15 is 0 Å². The highest BCUT2D eigenvalue weighted by Gasteiger charge is 2.38. The Hall–Kier alpha value is -6.12. The van der Waals surface area contributed by atoms with Crippen LogP contribution in [0.2, 0.25) is 0 Å². The molecule has 3 heterocycles. The summed E-state index contributed by atoms with van der Waals surface area (Å²) >= 11 is 6.88. The number of fused-ring (bicyclic) bond motifs is 5. The summed E-state index contributed by atoms with van der Waals surface area (Å²) in [5, 5.41) is 6.57. The molecule has 320 valence electrons. The Morgan fingerprint density at radius 1 is 0.871 bits per heavy atom. The number of hydrogen-bond acceptors (Lipinski definition) is 11. The molecule has 0 saturated carbocycles. The Morgan fingerprint density at radius 3 is 2.23 bits per heavy atom. The van der Waals surface area contributed by atoms with Crippen LogP contribution in [-0.4, -0.2) is 62.1 Å². The summed E-state index contributed by atoms with van der Waals surface area (Å²) < 4.78 is 28.3. The maximum Gasteiger partial charge on any atom is 0.260 e. The van der Waals surface area contributed by atoms with Gasteiger partial charge in [0.15, 0.2) is 23.0 Å². The lowest BCUT2D eigenvalue weighted by Gasteiger charge is -2.22. The molecule has 62 heavy (non-hydrogen) atoms. The molecule has 3 aliphatic heterocycles. The van der Waals surface area contributed by atoms with Crippen LogP contribution in [0.1, 0.15) is 69.7 Å². The van der Waals surface area contributed by atoms with Gasteiger partial charge in [0.2, 0.25) is 5.91 Å². The molecule has 0 fully saturated rings. The molecule has 12 nitrogen and oxygen atoms in total. The number of hydrogen-bond donors (Lipinski definition) is 2. The predicted octanol–water partition coefficient (Wildman–Crippen LogP) is 9.28. The standard InChI is InChI=1S/C48H49N5O7S2/c1-48(2,62-5)16-14-45(54)50-33-19-29(27-59-43-24-37-35(22-41(43)57-3)47(56)53-34(26-49-37)21-32-11-7-9-13-40(32)53)18-30(20-33)28-60-44-25-38(51-61)36(23-42(44)58-4)46(55)52-17-15-31-10-6-8-12-39(31)52/h6-13,18-20,22-25,34,49H,14-17,21,26-28H2,1-5H3,(H,50,54)/t34-/m0/s1. The van der Waals surface area contributed by atoms with Crippen LogP contribution in [0.25, 0.3) is 0 Å². The van der Waals surface area contributed by atoms with Gasteiger partial charge in [-0.1, -0.05) is 50.2 Å². The van der Waals surface area contributed by atoms with Crippen LogP contribution in [0.3, 0.4) is 0 Å². The molecular weight excluding hydrogens is 823 g/mol. The van der Waals surface area contributed by atoms with Crippen molar-refractivity contribution in [1.82, 2.24) is 0 Å². The van der Waals surface area contributed by atoms with Gasteiger partial charge in [-0.25, -0.2) is 0 Å². The lowest BCUT2D eigenvalue weighted by atomic mass is 10.1. The number of nitrogens with zero attached hydrogens (tertiary/aromatic N) is 3. The molecule has 0 aromatic heterocycles. The quantitative estimate of drug-likeness (QED) is 0.105. The molecule has 0 radical (unpaired) electrons. The van der Waals surface area contributed by atoms with Crippen LogP contribution in [0.4, 0.5) is 28.4 Å². The topological polar surface area (TPSA) is 131 Å². The molecule has 0 unspecified atom stereocenters. The van der Waals surface area contributed by atoms with Crippen LogP contribution in [0, 0.1) is 0 Å². The number of nitrogens with one attached hydrogen (secondary N) is 2. The van der Waals surface area contributed by atoms with E-state index in [0.717, 1.165) is 46.5 Å². The molecule has 0 aliphatic carbocycles. The first-order valence-corrected chi connectivity index (χ1v) is 22.1. The Balaban J connectivity index is 1.04. The largest absolute Gasteiger partial charge is 0.493 e. The number of amides is 3. The molecule has 0 bridgehead atoms. The summed E-state index contributed by atoms with van der Waals surface area (Å²) in [4.78, 5) is 44.8. The second kappa shape index (κ2) is 18.1. The molecule has 5 aromatic carbocycles. The van der Waals surface area contributed by atoms with Crippen LogP contribution >= 0.6 is 11.8 Å². The highest BCUT2D eigenvalue weighted by Crippen LogP contribution is 2.42. The number of methoxy groups -OCH3 is 2. The molecular formula is C48H49N5O7S2. The molecule has 5 aromatic rings. The summed E-state index contributed by atoms with van der Waals surface area (Å²) in [5.74, 6) is 1.14. The summed E-state index contributed by atoms with van der Waals surface area (Å²) in [6.07, 6.45) is 4.63. The minimum Gasteiger partial charge on any atom is -0.493 e. The molecule has 14 heteroatoms. The van der Waals surface area contributed by atoms with E-state index < -0.39 is 0 Å². The van der Waals surface area contributed by atoms with Crippen molar-refractivity contribution >= 4 is 70.3 Å². The smallest absolute Gasteiger partial charge is 0.260 e. The number of carbonyl (C=O) groups is 3. The Kier molecular flexibility index (Phi) is 12.4. The molecule has 1 atom stereocenters. The molecule has 3 amide bonds. The van der Waals surface area contributed by atoms with Crippen molar-refractivity contribution in [2.24, 2.45) is 4.36 Å². The highest BCUT2D eigenvalue weighted by atomic mass is 32.2. The third kappa shape index (κ3) is 8.80. The maximum absolute atomic E-state index is 14.0. The van der Waals surface area contributed by atoms with Crippen molar-refractivity contribution < 1.29 is 33.3 Å². The Labute approximate surface area is 371 Å². The van der Waals surface area contributed by atoms with Crippen molar-refractivity contribution in [3.63, 3.8) is 0 Å². The maximum atomic E-state index is 14.0. The summed E-state index contributed by atoms with van der Waals surface area (Å²) in [7, 11) is 3.06. The molecule has 0 saturated heterocycles. The molecule has 3 aliphatic rings. The van der Waals surface area contributed by atoms with E-state index in [9.17, 15) is 14.4 Å². The van der Waals surface area contributed by atoms with Gasteiger partial charge in [-0.2, -0.15) is 16.1 Å². The first kappa shape index (κ1) is 42.6. The van der Waals surface area contributed by atoms with Gasteiger partial charge in [-0.15, -0.1) is 0 Å². The number of carbonyl (C=O) groups excluding carboxylic acids is 3. The SMILES string of the molecule is COc1cc(C(=O)N2CCc3ccccc32)c(N=S)cc1OCc1cc(COc2cc3c(cc2OC)C(=O)N2c4ccccc4C[C@H]2CN3)cc(NC(=O)CCC(C)(C)SC)c1. The first-order chi connectivity index (χ1) is 30.0. The summed E-state index contributed by atoms with van der Waals surface area (Å²) in [6, 6.07) is 28.3. The van der Waals surface area contributed by atoms with E-state index in [1.165, 1.54) is 7.11 Å². The second-order valence-corrected chi connectivity index (χ2v) is 17.9. The minimum absolute atomic E-state index is 0.0149. The molecule has 2 N–H and O–H groups in total. The van der Waals surface area contributed by atoms with E-state index in [4.69, 9.17) is 31.4 Å². The summed E-state index contributed by atoms with van der Waals surface area (Å²) in [5.41, 5.74) is 7.91. The lowest BCUT2D eigenvalue weighted by molar-refractivity contribution is -0.116. The molecule has 0 spiro atoms. The average molecular weight is 872 g/mol. The van der Waals surface area contributed by atoms with Crippen LogP contribution in [0.15, 0.2) is 95.4 Å². The Bertz CT molecular complexity index is 2560. The van der Waals surface area contributed by atoms with Crippen molar-refractivity contribution in [1.29, 1.82) is 0 Å². The predicted molar refractivity (Wildman–Crippen MR) is 247 cm³/mol. The van der Waals surface area contributed by atoms with Gasteiger partial charge in [0.1, 0.15) is 13.2 Å². The van der Waals surface area contributed by atoms with E-state index in [1.54, 1.807) is 42.0 Å². The van der Waals surface area contributed by atoms with Gasteiger partial charge in [0.25, 0.3) is 11.8 Å². The fourth-order valence-electron chi connectivity index (χ4n) is 8.24. The van der Waals surface area contributed by atoms with Gasteiger partial charge in [0.05, 0.1) is 42.8 Å². The van der Waals surface area contributed by atoms with Crippen molar-refractivity contribution in [3.05, 3.63) is 124 Å². The summed E-state index contributed by atoms with van der Waals surface area (Å²) in [6.45, 7) is 5.56. The third-order valence-corrected chi connectivity index (χ3v) is 13.2. The Morgan fingerprint density at radius 2 is 1.53 bits per heavy atom. The van der Waals surface area contributed by atoms with Gasteiger partial charge in [-0.05, 0) is 90.2 Å². The monoisotopic (exact) mass is 871 g/mol. The number of benzene rings is 5. The third-order valence-electron chi connectivity index (χ3n) is 11.7. The fourth-order valence-corrected chi connectivity index (χ4v) is 8.70. The zero-order chi connectivity index (χ0) is 43.5. The zero-order valence-corrected chi connectivity index (χ0v) is 37.0. The van der Waals surface area contributed by atoms with Crippen molar-refractivity contribution in [2.45, 2.75) is 63.5 Å². The van der Waals surface area contributed by atoms with E-state index in [0.29, 0.717) is 77.1 Å². The highest BCUT2D eigenvalue weighted by molar-refractivity contribution is 7.99. The number of thioether (sulfide) groups is 1. The number of anilines is 4. The van der Waals surface area contributed by atoms with E-state index in [2.05, 4.69) is 34.9 Å². The first-order valence-electron chi connectivity index (χ1n) is 20.5. The van der Waals surface area contributed by atoms with Gasteiger partial charge in [-0.3, -0.25) is 14.4 Å². The number of ether oxygens (including phenoxy) is 4. The molecule has 8 rings (SSSR count). The lowest BCUT2D eigenvalue weighted by Crippen LogP contribution is -2.39. The van der Waals surface area contributed by atoms with Gasteiger partial charge < -0.3 is 39.4 Å². The van der Waals surface area contributed by atoms with E-state index in [1.807, 2.05) is 77.9 Å². The van der Waals surface area contributed by atoms with Crippen molar-refractivity contribution in [2.75, 3.05) is 54.0 Å². The van der Waals surface area contributed by atoms with E-state index in [-0.39, 0.29) is 41.7 Å². The average Bonchev–Trinajstić information content (AvgIpc) is 3.86. The fraction of sp³-hybridized carbons (Fsp3) is 0.312. The zero-order valence-electron chi connectivity index (χ0n) is 35.4. The van der Waals surface area contributed by atoms with Crippen LogP contribution < -0.4 is 39.4 Å². The van der Waals surface area contributed by atoms with Crippen LogP contribution in [-0.2, 0) is 43.3 Å².